The smallest absolute Gasteiger partial charge is 0.414 e. The maximum atomic E-state index is 12.5. The van der Waals surface area contributed by atoms with Crippen molar-refractivity contribution in [1.29, 1.82) is 0 Å². The van der Waals surface area contributed by atoms with E-state index >= 15 is 0 Å². The average molecular weight is 461 g/mol. The van der Waals surface area contributed by atoms with Crippen LogP contribution in [0.25, 0.3) is 0 Å². The summed E-state index contributed by atoms with van der Waals surface area (Å²) >= 11 is 0. The van der Waals surface area contributed by atoms with Crippen LogP contribution in [-0.4, -0.2) is 90.4 Å². The molecule has 3 rings (SSSR count). The fourth-order valence-corrected chi connectivity index (χ4v) is 3.31. The molecule has 0 aliphatic carbocycles. The van der Waals surface area contributed by atoms with Gasteiger partial charge in [0.1, 0.15) is 0 Å². The van der Waals surface area contributed by atoms with Crippen LogP contribution in [0.4, 0.5) is 0 Å². The second-order valence-corrected chi connectivity index (χ2v) is 6.91. The minimum absolute atomic E-state index is 0.0337. The van der Waals surface area contributed by atoms with Gasteiger partial charge >= 0.3 is 11.9 Å². The Morgan fingerprint density at radius 3 is 2.03 bits per heavy atom. The van der Waals surface area contributed by atoms with Crippen LogP contribution in [0.5, 0.6) is 17.2 Å². The summed E-state index contributed by atoms with van der Waals surface area (Å²) in [5, 5.41) is 14.8. The van der Waals surface area contributed by atoms with Crippen molar-refractivity contribution in [3.05, 3.63) is 47.8 Å². The standard InChI is InChI=1S/C20H25N3O4.C2H2O4/c1-25-17-7-6-16(18(26-2)19(17)27-3)14-22-9-11-23(12-10-22)20(24)15-5-4-8-21-13-15;3-1(4)2(5)6/h4-8,13H,9-12,14H2,1-3H3;(H,3,4)(H,5,6). The number of hydrogen-bond donors (Lipinski definition) is 2. The largest absolute Gasteiger partial charge is 0.493 e. The first-order chi connectivity index (χ1) is 15.8. The lowest BCUT2D eigenvalue weighted by atomic mass is 10.1. The van der Waals surface area contributed by atoms with Gasteiger partial charge in [-0.1, -0.05) is 6.07 Å². The number of benzene rings is 1. The molecule has 0 saturated carbocycles. The summed E-state index contributed by atoms with van der Waals surface area (Å²) in [6.45, 7) is 3.68. The van der Waals surface area contributed by atoms with Gasteiger partial charge in [-0.2, -0.15) is 0 Å². The number of hydrogen-bond acceptors (Lipinski definition) is 8. The zero-order chi connectivity index (χ0) is 24.4. The third-order valence-electron chi connectivity index (χ3n) is 4.93. The number of carbonyl (C=O) groups excluding carboxylic acids is 1. The quantitative estimate of drug-likeness (QED) is 0.604. The van der Waals surface area contributed by atoms with E-state index in [4.69, 9.17) is 34.0 Å². The monoisotopic (exact) mass is 461 g/mol. The van der Waals surface area contributed by atoms with Gasteiger partial charge in [-0.15, -0.1) is 0 Å². The highest BCUT2D eigenvalue weighted by Crippen LogP contribution is 2.40. The van der Waals surface area contributed by atoms with Gasteiger partial charge < -0.3 is 29.3 Å². The second-order valence-electron chi connectivity index (χ2n) is 6.91. The van der Waals surface area contributed by atoms with Gasteiger partial charge in [-0.3, -0.25) is 14.7 Å². The summed E-state index contributed by atoms with van der Waals surface area (Å²) in [5.74, 6) is -1.69. The molecule has 1 amide bonds. The lowest BCUT2D eigenvalue weighted by molar-refractivity contribution is -0.159. The molecule has 0 bridgehead atoms. The zero-order valence-electron chi connectivity index (χ0n) is 18.7. The summed E-state index contributed by atoms with van der Waals surface area (Å²) in [6.07, 6.45) is 3.29. The fourth-order valence-electron chi connectivity index (χ4n) is 3.31. The van der Waals surface area contributed by atoms with Crippen LogP contribution in [0, 0.1) is 0 Å². The first-order valence-electron chi connectivity index (χ1n) is 9.98. The number of amides is 1. The van der Waals surface area contributed by atoms with E-state index in [1.165, 1.54) is 0 Å². The third kappa shape index (κ3) is 6.81. The van der Waals surface area contributed by atoms with E-state index in [9.17, 15) is 4.79 Å². The molecule has 0 spiro atoms. The molecule has 1 fully saturated rings. The maximum absolute atomic E-state index is 12.5. The van der Waals surface area contributed by atoms with Gasteiger partial charge in [0.2, 0.25) is 5.75 Å². The van der Waals surface area contributed by atoms with Crippen LogP contribution < -0.4 is 14.2 Å². The molecule has 0 atom stereocenters. The Kier molecular flexibility index (Phi) is 9.43. The molecule has 2 N–H and O–H groups in total. The average Bonchev–Trinajstić information content (AvgIpc) is 2.84. The molecule has 1 aliphatic rings. The molecule has 0 unspecified atom stereocenters. The number of carboxylic acid groups (broad SMARTS) is 2. The first-order valence-corrected chi connectivity index (χ1v) is 9.98. The minimum atomic E-state index is -1.82. The van der Waals surface area contributed by atoms with Gasteiger partial charge in [-0.05, 0) is 18.2 Å². The molecule has 178 valence electrons. The number of nitrogens with zero attached hydrogens (tertiary/aromatic N) is 3. The zero-order valence-corrected chi connectivity index (χ0v) is 18.7. The normalized spacial score (nSPS) is 13.4. The molecule has 1 aliphatic heterocycles. The molecule has 11 heteroatoms. The molecule has 0 radical (unpaired) electrons. The number of pyridine rings is 1. The van der Waals surface area contributed by atoms with Gasteiger partial charge in [0.15, 0.2) is 11.5 Å². The predicted molar refractivity (Wildman–Crippen MR) is 117 cm³/mol. The molecule has 33 heavy (non-hydrogen) atoms. The van der Waals surface area contributed by atoms with E-state index < -0.39 is 11.9 Å². The van der Waals surface area contributed by atoms with Gasteiger partial charge in [0.05, 0.1) is 26.9 Å². The number of rotatable bonds is 6. The molecule has 1 saturated heterocycles. The fraction of sp³-hybridized carbons (Fsp3) is 0.364. The van der Waals surface area contributed by atoms with E-state index in [2.05, 4.69) is 9.88 Å². The van der Waals surface area contributed by atoms with Crippen LogP contribution in [0.2, 0.25) is 0 Å². The number of piperazine rings is 1. The van der Waals surface area contributed by atoms with Crippen LogP contribution in [0.15, 0.2) is 36.7 Å². The topological polar surface area (TPSA) is 139 Å². The summed E-state index contributed by atoms with van der Waals surface area (Å²) in [7, 11) is 4.84. The predicted octanol–water partition coefficient (Wildman–Crippen LogP) is 1.22. The highest BCUT2D eigenvalue weighted by molar-refractivity contribution is 6.27. The Hall–Kier alpha value is -3.86. The van der Waals surface area contributed by atoms with Crippen molar-refractivity contribution in [2.45, 2.75) is 6.54 Å². The Bertz CT molecular complexity index is 948. The van der Waals surface area contributed by atoms with Crippen LogP contribution in [-0.2, 0) is 16.1 Å². The lowest BCUT2D eigenvalue weighted by Crippen LogP contribution is -2.48. The van der Waals surface area contributed by atoms with Crippen LogP contribution in [0.1, 0.15) is 15.9 Å². The summed E-state index contributed by atoms with van der Waals surface area (Å²) in [6, 6.07) is 7.47. The number of ether oxygens (including phenoxy) is 3. The Morgan fingerprint density at radius 1 is 0.909 bits per heavy atom. The van der Waals surface area contributed by atoms with Gasteiger partial charge in [0, 0.05) is 50.7 Å². The van der Waals surface area contributed by atoms with Crippen LogP contribution >= 0.6 is 0 Å². The number of aliphatic carboxylic acids is 2. The SMILES string of the molecule is COc1ccc(CN2CCN(C(=O)c3cccnc3)CC2)c(OC)c1OC.O=C(O)C(=O)O. The van der Waals surface area contributed by atoms with E-state index in [-0.39, 0.29) is 5.91 Å². The first kappa shape index (κ1) is 25.4. The van der Waals surface area contributed by atoms with Crippen LogP contribution in [0.3, 0.4) is 0 Å². The molecule has 2 heterocycles. The number of methoxy groups -OCH3 is 3. The molecule has 2 aromatic rings. The van der Waals surface area contributed by atoms with Gasteiger partial charge in [0.25, 0.3) is 5.91 Å². The van der Waals surface area contributed by atoms with E-state index in [0.29, 0.717) is 35.9 Å². The van der Waals surface area contributed by atoms with Crippen molar-refractivity contribution in [2.75, 3.05) is 47.5 Å². The van der Waals surface area contributed by atoms with Crippen molar-refractivity contribution >= 4 is 17.8 Å². The van der Waals surface area contributed by atoms with Crippen molar-refractivity contribution < 1.29 is 38.8 Å². The summed E-state index contributed by atoms with van der Waals surface area (Å²) in [4.78, 5) is 38.9. The number of aromatic nitrogens is 1. The van der Waals surface area contributed by atoms with E-state index in [1.807, 2.05) is 17.0 Å². The number of carbonyl (C=O) groups is 3. The van der Waals surface area contributed by atoms with Crippen molar-refractivity contribution in [2.24, 2.45) is 0 Å². The highest BCUT2D eigenvalue weighted by atomic mass is 16.5. The number of carboxylic acids is 2. The molecule has 11 nitrogen and oxygen atoms in total. The maximum Gasteiger partial charge on any atom is 0.414 e. The van der Waals surface area contributed by atoms with E-state index in [1.54, 1.807) is 45.9 Å². The Balaban J connectivity index is 0.000000569. The molecular weight excluding hydrogens is 434 g/mol. The molecular formula is C22H27N3O8. The Morgan fingerprint density at radius 2 is 1.55 bits per heavy atom. The minimum Gasteiger partial charge on any atom is -0.493 e. The molecule has 1 aromatic heterocycles. The lowest BCUT2D eigenvalue weighted by Gasteiger charge is -2.35. The molecule has 1 aromatic carbocycles. The van der Waals surface area contributed by atoms with E-state index in [0.717, 1.165) is 25.2 Å². The van der Waals surface area contributed by atoms with Gasteiger partial charge in [-0.25, -0.2) is 9.59 Å². The highest BCUT2D eigenvalue weighted by Gasteiger charge is 2.24. The summed E-state index contributed by atoms with van der Waals surface area (Å²) in [5.41, 5.74) is 1.66. The summed E-state index contributed by atoms with van der Waals surface area (Å²) < 4.78 is 16.4. The third-order valence-corrected chi connectivity index (χ3v) is 4.93. The second kappa shape index (κ2) is 12.2. The van der Waals surface area contributed by atoms with Crippen molar-refractivity contribution in [1.82, 2.24) is 14.8 Å². The van der Waals surface area contributed by atoms with Crippen molar-refractivity contribution in [3.63, 3.8) is 0 Å². The van der Waals surface area contributed by atoms with Crippen molar-refractivity contribution in [3.8, 4) is 17.2 Å². The Labute approximate surface area is 191 Å².